The molecule has 0 spiro atoms. The van der Waals surface area contributed by atoms with E-state index in [1.165, 1.54) is 17.7 Å². The van der Waals surface area contributed by atoms with E-state index in [0.29, 0.717) is 11.9 Å². The van der Waals surface area contributed by atoms with Crippen molar-refractivity contribution in [3.05, 3.63) is 67.3 Å². The number of aliphatic hydroxyl groups excluding tert-OH is 2. The number of fused-ring (bicyclic) bond motifs is 1. The Morgan fingerprint density at radius 3 is 2.51 bits per heavy atom. The van der Waals surface area contributed by atoms with Crippen molar-refractivity contribution in [2.45, 2.75) is 64.4 Å². The molecule has 0 aliphatic carbocycles. The van der Waals surface area contributed by atoms with E-state index >= 15 is 0 Å². The number of ether oxygens (including phenoxy) is 3. The van der Waals surface area contributed by atoms with Gasteiger partial charge in [-0.15, -0.1) is 0 Å². The van der Waals surface area contributed by atoms with Crippen LogP contribution in [0.25, 0.3) is 22.2 Å². The molecule has 0 aliphatic heterocycles. The van der Waals surface area contributed by atoms with Crippen LogP contribution in [0.2, 0.25) is 0 Å². The third-order valence-electron chi connectivity index (χ3n) is 6.50. The minimum absolute atomic E-state index is 0.0253. The lowest BCUT2D eigenvalue weighted by atomic mass is 10.1. The molecule has 224 valence electrons. The maximum atomic E-state index is 11.1. The van der Waals surface area contributed by atoms with Crippen LogP contribution in [0.15, 0.2) is 67.3 Å². The second-order valence-electron chi connectivity index (χ2n) is 10.6. The third-order valence-corrected chi connectivity index (χ3v) is 7.87. The van der Waals surface area contributed by atoms with Crippen molar-refractivity contribution in [1.82, 2.24) is 4.57 Å². The molecule has 2 N–H and O–H groups in total. The van der Waals surface area contributed by atoms with Crippen LogP contribution in [0.5, 0.6) is 5.75 Å². The molecule has 3 rings (SSSR count). The van der Waals surface area contributed by atoms with Gasteiger partial charge in [-0.1, -0.05) is 56.7 Å². The number of hydrogen-bond donors (Lipinski definition) is 2. The Balaban J connectivity index is 1.47. The molecule has 0 bridgehead atoms. The summed E-state index contributed by atoms with van der Waals surface area (Å²) >= 11 is 0. The number of unbranched alkanes of at least 4 members (excludes halogenated alkanes) is 2. The van der Waals surface area contributed by atoms with Gasteiger partial charge in [-0.25, -0.2) is 4.79 Å². The molecule has 9 heteroatoms. The number of carbonyl (C=O) groups excluding carboxylic acids is 1. The van der Waals surface area contributed by atoms with Crippen LogP contribution < -0.4 is 4.74 Å². The molecule has 0 amide bonds. The van der Waals surface area contributed by atoms with Gasteiger partial charge in [0.1, 0.15) is 31.2 Å². The molecular weight excluding hydrogens is 541 g/mol. The zero-order valence-electron chi connectivity index (χ0n) is 24.4. The summed E-state index contributed by atoms with van der Waals surface area (Å²) in [6.07, 6.45) is 3.37. The van der Waals surface area contributed by atoms with Gasteiger partial charge in [0.25, 0.3) is 0 Å². The van der Waals surface area contributed by atoms with Gasteiger partial charge in [0.2, 0.25) is 0 Å². The van der Waals surface area contributed by atoms with E-state index in [1.54, 1.807) is 0 Å². The van der Waals surface area contributed by atoms with Crippen LogP contribution in [0.1, 0.15) is 40.0 Å². The zero-order chi connectivity index (χ0) is 29.7. The molecular formula is C32H44NO7P. The van der Waals surface area contributed by atoms with Crippen molar-refractivity contribution in [2.24, 2.45) is 0 Å². The first-order valence-corrected chi connectivity index (χ1v) is 15.3. The molecule has 1 aromatic heterocycles. The smallest absolute Gasteiger partial charge is 0.330 e. The summed E-state index contributed by atoms with van der Waals surface area (Å²) in [5, 5.41) is 21.5. The second-order valence-corrected chi connectivity index (χ2v) is 11.6. The molecule has 3 atom stereocenters. The summed E-state index contributed by atoms with van der Waals surface area (Å²) in [5.41, 5.74) is 2.95. The number of hydrogen-bond acceptors (Lipinski definition) is 7. The van der Waals surface area contributed by atoms with Crippen molar-refractivity contribution in [1.29, 1.82) is 0 Å². The van der Waals surface area contributed by atoms with Crippen LogP contribution in [-0.2, 0) is 25.3 Å². The van der Waals surface area contributed by atoms with Crippen molar-refractivity contribution < 1.29 is 33.7 Å². The Hall–Kier alpha value is -2.74. The molecule has 0 saturated carbocycles. The molecule has 41 heavy (non-hydrogen) atoms. The quantitative estimate of drug-likeness (QED) is 0.0802. The number of aliphatic hydroxyl groups is 2. The van der Waals surface area contributed by atoms with Gasteiger partial charge >= 0.3 is 5.97 Å². The van der Waals surface area contributed by atoms with E-state index in [-0.39, 0.29) is 35.2 Å². The Morgan fingerprint density at radius 2 is 1.78 bits per heavy atom. The summed E-state index contributed by atoms with van der Waals surface area (Å²) in [5.74, 6) is 0.121. The predicted molar refractivity (Wildman–Crippen MR) is 165 cm³/mol. The summed E-state index contributed by atoms with van der Waals surface area (Å²) < 4.78 is 24.6. The number of carbonyl (C=O) groups is 1. The lowest BCUT2D eigenvalue weighted by molar-refractivity contribution is -0.143. The molecule has 0 fully saturated rings. The molecule has 0 radical (unpaired) electrons. The van der Waals surface area contributed by atoms with Crippen LogP contribution in [0, 0.1) is 0 Å². The standard InChI is InChI=1S/C32H44NO7P/c1-5-7-11-16-33-29(24-12-9-8-10-13-24)17-25-14-15-28(18-30(25)33)37-19-27(35)22-40-41-23-32(3,4)39-21-26(34)20-38-31(36)6-2/h6,8-10,12-15,17-18,26-27,34-35,41H,2,5,7,11,16,19-23H2,1,3-4H3. The van der Waals surface area contributed by atoms with Crippen molar-refractivity contribution in [3.8, 4) is 17.0 Å². The molecule has 2 aromatic carbocycles. The molecule has 3 unspecified atom stereocenters. The van der Waals surface area contributed by atoms with Crippen LogP contribution in [0.3, 0.4) is 0 Å². The monoisotopic (exact) mass is 585 g/mol. The van der Waals surface area contributed by atoms with Crippen molar-refractivity contribution in [3.63, 3.8) is 0 Å². The highest BCUT2D eigenvalue weighted by Gasteiger charge is 2.21. The first kappa shape index (κ1) is 32.8. The highest BCUT2D eigenvalue weighted by atomic mass is 31.1. The lowest BCUT2D eigenvalue weighted by Crippen LogP contribution is -2.33. The minimum atomic E-state index is -0.926. The fourth-order valence-corrected chi connectivity index (χ4v) is 5.07. The fourth-order valence-electron chi connectivity index (χ4n) is 4.21. The SMILES string of the molecule is C=CC(=O)OCC(O)COC(C)(C)CPOCC(O)COc1ccc2cc(-c3ccccc3)n(CCCCC)c2c1. The average Bonchev–Trinajstić information content (AvgIpc) is 3.34. The van der Waals surface area contributed by atoms with Crippen LogP contribution in [-0.4, -0.2) is 71.1 Å². The highest BCUT2D eigenvalue weighted by molar-refractivity contribution is 7.32. The molecule has 0 saturated heterocycles. The van der Waals surface area contributed by atoms with Gasteiger partial charge in [0.15, 0.2) is 0 Å². The molecule has 0 aliphatic rings. The summed E-state index contributed by atoms with van der Waals surface area (Å²) in [6.45, 7) is 10.4. The number of esters is 1. The highest BCUT2D eigenvalue weighted by Crippen LogP contribution is 2.31. The summed E-state index contributed by atoms with van der Waals surface area (Å²) in [4.78, 5) is 11.1. The van der Waals surface area contributed by atoms with E-state index in [4.69, 9.17) is 18.7 Å². The van der Waals surface area contributed by atoms with E-state index in [1.807, 2.05) is 26.0 Å². The van der Waals surface area contributed by atoms with Crippen molar-refractivity contribution in [2.75, 3.05) is 32.6 Å². The molecule has 3 aromatic rings. The minimum Gasteiger partial charge on any atom is -0.491 e. The maximum Gasteiger partial charge on any atom is 0.330 e. The van der Waals surface area contributed by atoms with Gasteiger partial charge in [0.05, 0.1) is 24.3 Å². The number of aryl methyl sites for hydroxylation is 1. The second kappa shape index (κ2) is 16.6. The van der Waals surface area contributed by atoms with Crippen LogP contribution >= 0.6 is 8.81 Å². The number of aromatic nitrogens is 1. The van der Waals surface area contributed by atoms with Crippen LogP contribution in [0.4, 0.5) is 0 Å². The Labute approximate surface area is 245 Å². The third kappa shape index (κ3) is 10.9. The number of nitrogens with zero attached hydrogens (tertiary/aromatic N) is 1. The fraction of sp³-hybridized carbons (Fsp3) is 0.469. The normalized spacial score (nSPS) is 13.5. The predicted octanol–water partition coefficient (Wildman–Crippen LogP) is 5.73. The van der Waals surface area contributed by atoms with Gasteiger partial charge in [-0.2, -0.15) is 0 Å². The first-order valence-electron chi connectivity index (χ1n) is 14.2. The van der Waals surface area contributed by atoms with E-state index in [0.717, 1.165) is 36.4 Å². The van der Waals surface area contributed by atoms with Gasteiger partial charge < -0.3 is 33.5 Å². The van der Waals surface area contributed by atoms with Gasteiger partial charge in [0, 0.05) is 44.7 Å². The Morgan fingerprint density at radius 1 is 1.02 bits per heavy atom. The Bertz CT molecular complexity index is 1230. The largest absolute Gasteiger partial charge is 0.491 e. The number of rotatable bonds is 19. The first-order chi connectivity index (χ1) is 19.7. The number of benzene rings is 2. The Kier molecular flexibility index (Phi) is 13.3. The topological polar surface area (TPSA) is 99.4 Å². The lowest BCUT2D eigenvalue weighted by Gasteiger charge is -2.26. The average molecular weight is 586 g/mol. The summed E-state index contributed by atoms with van der Waals surface area (Å²) in [7, 11) is 0.0971. The van der Waals surface area contributed by atoms with E-state index in [9.17, 15) is 15.0 Å². The van der Waals surface area contributed by atoms with E-state index in [2.05, 4.69) is 60.5 Å². The van der Waals surface area contributed by atoms with E-state index < -0.39 is 23.8 Å². The molecule has 8 nitrogen and oxygen atoms in total. The van der Waals surface area contributed by atoms with Gasteiger partial charge in [-0.05, 0) is 44.0 Å². The maximum absolute atomic E-state index is 11.1. The van der Waals surface area contributed by atoms with Crippen molar-refractivity contribution >= 4 is 25.7 Å². The summed E-state index contributed by atoms with van der Waals surface area (Å²) in [6, 6.07) is 18.7. The molecule has 1 heterocycles. The van der Waals surface area contributed by atoms with Gasteiger partial charge in [-0.3, -0.25) is 0 Å². The zero-order valence-corrected chi connectivity index (χ0v) is 25.4.